The van der Waals surface area contributed by atoms with Gasteiger partial charge in [-0.1, -0.05) is 18.2 Å². The van der Waals surface area contributed by atoms with Gasteiger partial charge in [0.15, 0.2) is 6.61 Å². The van der Waals surface area contributed by atoms with Gasteiger partial charge in [0.25, 0.3) is 5.91 Å². The van der Waals surface area contributed by atoms with Gasteiger partial charge in [0.2, 0.25) is 0 Å². The fourth-order valence-corrected chi connectivity index (χ4v) is 1.82. The van der Waals surface area contributed by atoms with Crippen molar-refractivity contribution in [2.45, 2.75) is 13.0 Å². The molecule has 0 spiro atoms. The Morgan fingerprint density at radius 3 is 2.81 bits per heavy atom. The van der Waals surface area contributed by atoms with Gasteiger partial charge in [-0.05, 0) is 31.2 Å². The molecule has 0 fully saturated rings. The average molecular weight is 281 g/mol. The molecular weight excluding hydrogens is 266 g/mol. The smallest absolute Gasteiger partial charge is 0.258 e. The Morgan fingerprint density at radius 2 is 2.10 bits per heavy atom. The lowest BCUT2D eigenvalue weighted by molar-refractivity contribution is -0.123. The summed E-state index contributed by atoms with van der Waals surface area (Å²) in [5, 5.41) is 11.7. The number of hydrogen-bond donors (Lipinski definition) is 1. The first kappa shape index (κ1) is 14.5. The van der Waals surface area contributed by atoms with Gasteiger partial charge in [-0.25, -0.2) is 0 Å². The first-order chi connectivity index (χ1) is 10.2. The summed E-state index contributed by atoms with van der Waals surface area (Å²) in [5.74, 6) is 0.140. The number of carbonyl (C=O) groups is 1. The highest BCUT2D eigenvalue weighted by Crippen LogP contribution is 2.16. The highest BCUT2D eigenvalue weighted by Gasteiger charge is 2.11. The number of ether oxygens (including phenoxy) is 1. The molecule has 2 rings (SSSR count). The van der Waals surface area contributed by atoms with Crippen LogP contribution in [0.1, 0.15) is 24.2 Å². The molecule has 0 bridgehead atoms. The summed E-state index contributed by atoms with van der Waals surface area (Å²) in [6, 6.07) is 14.2. The Kier molecular flexibility index (Phi) is 4.89. The Hall–Kier alpha value is -2.87. The molecule has 0 aliphatic carbocycles. The van der Waals surface area contributed by atoms with Crippen LogP contribution in [-0.4, -0.2) is 17.5 Å². The molecular formula is C16H15N3O2. The second-order valence-corrected chi connectivity index (χ2v) is 4.44. The molecule has 0 saturated carbocycles. The molecule has 1 aromatic heterocycles. The molecule has 1 N–H and O–H groups in total. The SMILES string of the molecule is CC(NC(=O)COc1ccccc1C#N)c1ccccn1. The summed E-state index contributed by atoms with van der Waals surface area (Å²) in [6.07, 6.45) is 1.68. The van der Waals surface area contributed by atoms with E-state index in [0.717, 1.165) is 5.69 Å². The van der Waals surface area contributed by atoms with Crippen LogP contribution in [-0.2, 0) is 4.79 Å². The van der Waals surface area contributed by atoms with Gasteiger partial charge in [0.1, 0.15) is 11.8 Å². The minimum atomic E-state index is -0.263. The molecule has 1 amide bonds. The summed E-state index contributed by atoms with van der Waals surface area (Å²) < 4.78 is 5.37. The Balaban J connectivity index is 1.89. The van der Waals surface area contributed by atoms with E-state index in [-0.39, 0.29) is 18.6 Å². The van der Waals surface area contributed by atoms with E-state index in [0.29, 0.717) is 11.3 Å². The predicted molar refractivity (Wildman–Crippen MR) is 77.4 cm³/mol. The van der Waals surface area contributed by atoms with Crippen LogP contribution >= 0.6 is 0 Å². The van der Waals surface area contributed by atoms with Crippen molar-refractivity contribution in [1.29, 1.82) is 5.26 Å². The number of rotatable bonds is 5. The fraction of sp³-hybridized carbons (Fsp3) is 0.188. The van der Waals surface area contributed by atoms with Crippen molar-refractivity contribution >= 4 is 5.91 Å². The van der Waals surface area contributed by atoms with Crippen LogP contribution in [0.4, 0.5) is 0 Å². The molecule has 0 aliphatic rings. The van der Waals surface area contributed by atoms with Gasteiger partial charge in [0.05, 0.1) is 17.3 Å². The molecule has 1 aromatic carbocycles. The first-order valence-electron chi connectivity index (χ1n) is 6.53. The lowest BCUT2D eigenvalue weighted by Crippen LogP contribution is -2.31. The van der Waals surface area contributed by atoms with E-state index in [1.54, 1.807) is 30.5 Å². The number of nitriles is 1. The molecule has 21 heavy (non-hydrogen) atoms. The van der Waals surface area contributed by atoms with Crippen molar-refractivity contribution in [3.8, 4) is 11.8 Å². The van der Waals surface area contributed by atoms with Gasteiger partial charge >= 0.3 is 0 Å². The summed E-state index contributed by atoms with van der Waals surface area (Å²) in [4.78, 5) is 16.0. The third-order valence-electron chi connectivity index (χ3n) is 2.88. The van der Waals surface area contributed by atoms with Gasteiger partial charge in [-0.15, -0.1) is 0 Å². The largest absolute Gasteiger partial charge is 0.482 e. The number of carbonyl (C=O) groups excluding carboxylic acids is 1. The van der Waals surface area contributed by atoms with E-state index in [1.165, 1.54) is 0 Å². The maximum Gasteiger partial charge on any atom is 0.258 e. The lowest BCUT2D eigenvalue weighted by Gasteiger charge is -2.14. The van der Waals surface area contributed by atoms with Crippen molar-refractivity contribution in [2.75, 3.05) is 6.61 Å². The molecule has 0 aliphatic heterocycles. The van der Waals surface area contributed by atoms with Crippen LogP contribution < -0.4 is 10.1 Å². The number of benzene rings is 1. The predicted octanol–water partition coefficient (Wildman–Crippen LogP) is 2.21. The highest BCUT2D eigenvalue weighted by atomic mass is 16.5. The standard InChI is InChI=1S/C16H15N3O2/c1-12(14-7-4-5-9-18-14)19-16(20)11-21-15-8-3-2-6-13(15)10-17/h2-9,12H,11H2,1H3,(H,19,20). The minimum Gasteiger partial charge on any atom is -0.482 e. The van der Waals surface area contributed by atoms with Crippen molar-refractivity contribution in [1.82, 2.24) is 10.3 Å². The van der Waals surface area contributed by atoms with E-state index >= 15 is 0 Å². The quantitative estimate of drug-likeness (QED) is 0.911. The number of para-hydroxylation sites is 1. The van der Waals surface area contributed by atoms with Crippen molar-refractivity contribution < 1.29 is 9.53 Å². The van der Waals surface area contributed by atoms with Crippen LogP contribution in [0, 0.1) is 11.3 Å². The average Bonchev–Trinajstić information content (AvgIpc) is 2.54. The van der Waals surface area contributed by atoms with Crippen LogP contribution in [0.25, 0.3) is 0 Å². The number of aromatic nitrogens is 1. The Morgan fingerprint density at radius 1 is 1.33 bits per heavy atom. The molecule has 2 aromatic rings. The number of nitrogens with zero attached hydrogens (tertiary/aromatic N) is 2. The van der Waals surface area contributed by atoms with Gasteiger partial charge < -0.3 is 10.1 Å². The zero-order chi connectivity index (χ0) is 15.1. The van der Waals surface area contributed by atoms with Crippen LogP contribution in [0.2, 0.25) is 0 Å². The zero-order valence-electron chi connectivity index (χ0n) is 11.6. The summed E-state index contributed by atoms with van der Waals surface area (Å²) in [6.45, 7) is 1.71. The molecule has 0 radical (unpaired) electrons. The number of pyridine rings is 1. The number of amides is 1. The van der Waals surface area contributed by atoms with E-state index in [4.69, 9.17) is 10.00 Å². The van der Waals surface area contributed by atoms with Crippen LogP contribution in [0.5, 0.6) is 5.75 Å². The van der Waals surface area contributed by atoms with Gasteiger partial charge in [-0.3, -0.25) is 9.78 Å². The molecule has 1 atom stereocenters. The van der Waals surface area contributed by atoms with Crippen molar-refractivity contribution in [3.63, 3.8) is 0 Å². The second-order valence-electron chi connectivity index (χ2n) is 4.44. The maximum atomic E-state index is 11.9. The van der Waals surface area contributed by atoms with Crippen molar-refractivity contribution in [3.05, 3.63) is 59.9 Å². The zero-order valence-corrected chi connectivity index (χ0v) is 11.6. The van der Waals surface area contributed by atoms with Crippen LogP contribution in [0.15, 0.2) is 48.7 Å². The van der Waals surface area contributed by atoms with Gasteiger partial charge in [-0.2, -0.15) is 5.26 Å². The maximum absolute atomic E-state index is 11.9. The second kappa shape index (κ2) is 7.06. The molecule has 1 unspecified atom stereocenters. The lowest BCUT2D eigenvalue weighted by atomic mass is 10.2. The molecule has 5 heteroatoms. The van der Waals surface area contributed by atoms with E-state index in [2.05, 4.69) is 10.3 Å². The number of hydrogen-bond acceptors (Lipinski definition) is 4. The monoisotopic (exact) mass is 281 g/mol. The van der Waals surface area contributed by atoms with E-state index in [9.17, 15) is 4.79 Å². The highest BCUT2D eigenvalue weighted by molar-refractivity contribution is 5.78. The van der Waals surface area contributed by atoms with Gasteiger partial charge in [0, 0.05) is 6.20 Å². The summed E-state index contributed by atoms with van der Waals surface area (Å²) in [7, 11) is 0. The third-order valence-corrected chi connectivity index (χ3v) is 2.88. The number of nitrogens with one attached hydrogen (secondary N) is 1. The molecule has 1 heterocycles. The minimum absolute atomic E-state index is 0.143. The summed E-state index contributed by atoms with van der Waals surface area (Å²) >= 11 is 0. The normalized spacial score (nSPS) is 11.2. The fourth-order valence-electron chi connectivity index (χ4n) is 1.82. The van der Waals surface area contributed by atoms with E-state index in [1.807, 2.05) is 31.2 Å². The molecule has 5 nitrogen and oxygen atoms in total. The topological polar surface area (TPSA) is 75.0 Å². The van der Waals surface area contributed by atoms with E-state index < -0.39 is 0 Å². The van der Waals surface area contributed by atoms with Crippen LogP contribution in [0.3, 0.4) is 0 Å². The Bertz CT molecular complexity index is 650. The third kappa shape index (κ3) is 4.05. The first-order valence-corrected chi connectivity index (χ1v) is 6.53. The van der Waals surface area contributed by atoms with Crippen molar-refractivity contribution in [2.24, 2.45) is 0 Å². The molecule has 0 saturated heterocycles. The molecule has 106 valence electrons. The Labute approximate surface area is 123 Å². The summed E-state index contributed by atoms with van der Waals surface area (Å²) in [5.41, 5.74) is 1.19.